The minimum atomic E-state index is -1.07. The van der Waals surface area contributed by atoms with Gasteiger partial charge < -0.3 is 31.9 Å². The number of nitrogens with one attached hydrogen (secondary N) is 4. The van der Waals surface area contributed by atoms with Crippen molar-refractivity contribution in [3.05, 3.63) is 0 Å². The molecular weight excluding hydrogens is 597 g/mol. The van der Waals surface area contributed by atoms with Crippen LogP contribution in [0.1, 0.15) is 92.9 Å². The predicted octanol–water partition coefficient (Wildman–Crippen LogP) is 0.941. The molecule has 0 bridgehead atoms. The normalized spacial score (nSPS) is 27.7. The first-order chi connectivity index (χ1) is 22.0. The highest BCUT2D eigenvalue weighted by Crippen LogP contribution is 2.62. The molecule has 264 valence electrons. The number of urea groups is 1. The van der Waals surface area contributed by atoms with Gasteiger partial charge in [0.1, 0.15) is 13.9 Å². The number of carbonyl (C=O) groups is 5. The molecule has 2 heterocycles. The standard InChI is InChI=1S/C34H60BN7O5/c1-20(2)26(19-41-16-21(3)38-22(4)17-41)40-32(47)37-15-28(43)42-18-24(33(5,6)34(35)11-8-12-34)14-27(42)31(46)39-25(29(44)30(36)45)13-23-9-7-10-23/h20-27,38H,7-19,35H2,1-6H3,(H2,36,45)(H,39,46)(H2,37,40,47)/t21-,22+,24-,25?,26+,27-/m0/s1. The third kappa shape index (κ3) is 8.88. The van der Waals surface area contributed by atoms with Gasteiger partial charge in [-0.25, -0.2) is 4.79 Å². The molecule has 1 unspecified atom stereocenters. The summed E-state index contributed by atoms with van der Waals surface area (Å²) in [5.74, 6) is -2.17. The van der Waals surface area contributed by atoms with Crippen LogP contribution in [-0.4, -0.2) is 110 Å². The number of hydrogen-bond acceptors (Lipinski definition) is 7. The number of amides is 5. The Kier molecular flexibility index (Phi) is 12.1. The maximum atomic E-state index is 13.9. The lowest BCUT2D eigenvalue weighted by molar-refractivity contribution is -0.141. The van der Waals surface area contributed by atoms with Crippen molar-refractivity contribution in [2.24, 2.45) is 28.9 Å². The van der Waals surface area contributed by atoms with E-state index in [0.717, 1.165) is 45.2 Å². The quantitative estimate of drug-likeness (QED) is 0.137. The summed E-state index contributed by atoms with van der Waals surface area (Å²) in [6.07, 6.45) is 7.13. The number of rotatable bonds is 14. The third-order valence-electron chi connectivity index (χ3n) is 12.2. The summed E-state index contributed by atoms with van der Waals surface area (Å²) in [6.45, 7) is 15.6. The maximum absolute atomic E-state index is 13.9. The van der Waals surface area contributed by atoms with Crippen molar-refractivity contribution in [1.82, 2.24) is 31.1 Å². The lowest BCUT2D eigenvalue weighted by Crippen LogP contribution is -2.58. The molecule has 2 aliphatic heterocycles. The van der Waals surface area contributed by atoms with E-state index in [1.165, 1.54) is 6.42 Å². The fourth-order valence-corrected chi connectivity index (χ4v) is 8.23. The van der Waals surface area contributed by atoms with Gasteiger partial charge in [0.25, 0.3) is 5.91 Å². The Hall–Kier alpha value is -2.67. The highest BCUT2D eigenvalue weighted by Gasteiger charge is 2.54. The molecule has 2 saturated heterocycles. The fourth-order valence-electron chi connectivity index (χ4n) is 8.23. The molecule has 0 aromatic carbocycles. The number of ketones is 1. The molecule has 2 aliphatic carbocycles. The van der Waals surface area contributed by atoms with Crippen molar-refractivity contribution in [2.45, 2.75) is 128 Å². The molecule has 4 rings (SSSR count). The van der Waals surface area contributed by atoms with Crippen molar-refractivity contribution < 1.29 is 24.0 Å². The number of carbonyl (C=O) groups excluding carboxylic acids is 5. The third-order valence-corrected chi connectivity index (χ3v) is 12.2. The topological polar surface area (TPSA) is 166 Å². The van der Waals surface area contributed by atoms with Crippen LogP contribution in [0.5, 0.6) is 0 Å². The predicted molar refractivity (Wildman–Crippen MR) is 184 cm³/mol. The Morgan fingerprint density at radius 2 is 1.64 bits per heavy atom. The van der Waals surface area contributed by atoms with Gasteiger partial charge in [-0.05, 0) is 49.9 Å². The van der Waals surface area contributed by atoms with Crippen molar-refractivity contribution in [2.75, 3.05) is 32.7 Å². The number of Topliss-reactive ketones (excluding diaryl/α,β-unsaturated/α-hetero) is 1. The summed E-state index contributed by atoms with van der Waals surface area (Å²) < 4.78 is 0. The van der Waals surface area contributed by atoms with Crippen molar-refractivity contribution in [3.8, 4) is 0 Å². The van der Waals surface area contributed by atoms with Crippen LogP contribution in [0.3, 0.4) is 0 Å². The zero-order valence-electron chi connectivity index (χ0n) is 29.8. The lowest BCUT2D eigenvalue weighted by Gasteiger charge is -2.54. The zero-order chi connectivity index (χ0) is 34.7. The highest BCUT2D eigenvalue weighted by atomic mass is 16.2. The van der Waals surface area contributed by atoms with E-state index in [-0.39, 0.29) is 47.0 Å². The van der Waals surface area contributed by atoms with E-state index in [4.69, 9.17) is 5.73 Å². The van der Waals surface area contributed by atoms with Crippen LogP contribution in [0.25, 0.3) is 0 Å². The first-order valence-corrected chi connectivity index (χ1v) is 18.0. The highest BCUT2D eigenvalue weighted by molar-refractivity contribution is 6.37. The molecule has 6 atom stereocenters. The molecule has 0 aromatic heterocycles. The Balaban J connectivity index is 1.43. The Labute approximate surface area is 282 Å². The van der Waals surface area contributed by atoms with E-state index >= 15 is 0 Å². The van der Waals surface area contributed by atoms with Crippen LogP contribution < -0.4 is 27.0 Å². The minimum Gasteiger partial charge on any atom is -0.363 e. The number of primary amides is 1. The molecule has 13 heteroatoms. The van der Waals surface area contributed by atoms with Crippen LogP contribution in [0.4, 0.5) is 4.79 Å². The van der Waals surface area contributed by atoms with Gasteiger partial charge >= 0.3 is 6.03 Å². The maximum Gasteiger partial charge on any atom is 0.315 e. The zero-order valence-corrected chi connectivity index (χ0v) is 29.8. The van der Waals surface area contributed by atoms with Crippen LogP contribution in [-0.2, 0) is 19.2 Å². The molecule has 0 aromatic rings. The first kappa shape index (κ1) is 37.2. The molecule has 12 nitrogen and oxygen atoms in total. The number of piperazine rings is 1. The second-order valence-electron chi connectivity index (χ2n) is 16.3. The molecule has 6 N–H and O–H groups in total. The second kappa shape index (κ2) is 15.3. The molecule has 4 fully saturated rings. The van der Waals surface area contributed by atoms with Crippen molar-refractivity contribution in [3.63, 3.8) is 0 Å². The molecule has 0 spiro atoms. The van der Waals surface area contributed by atoms with Gasteiger partial charge in [-0.2, -0.15) is 0 Å². The average molecular weight is 658 g/mol. The van der Waals surface area contributed by atoms with E-state index in [2.05, 4.69) is 75.6 Å². The van der Waals surface area contributed by atoms with Gasteiger partial charge in [0.05, 0.1) is 12.6 Å². The van der Waals surface area contributed by atoms with E-state index < -0.39 is 35.7 Å². The SMILES string of the molecule is BC1(C(C)(C)[C@H]2C[C@@H](C(=O)NC(CC3CCC3)C(=O)C(N)=O)N(C(=O)CNC(=O)N[C@H](CN3C[C@@H](C)N[C@@H](C)C3)C(C)C)C2)CCC1. The van der Waals surface area contributed by atoms with Crippen molar-refractivity contribution in [1.29, 1.82) is 0 Å². The first-order valence-electron chi connectivity index (χ1n) is 18.0. The van der Waals surface area contributed by atoms with Gasteiger partial charge in [-0.1, -0.05) is 71.5 Å². The van der Waals surface area contributed by atoms with E-state index in [0.29, 0.717) is 38.0 Å². The summed E-state index contributed by atoms with van der Waals surface area (Å²) in [6, 6.07) is -1.60. The molecule has 2 saturated carbocycles. The smallest absolute Gasteiger partial charge is 0.315 e. The fraction of sp³-hybridized carbons (Fsp3) is 0.853. The Morgan fingerprint density at radius 3 is 2.15 bits per heavy atom. The number of nitrogens with two attached hydrogens (primary N) is 1. The summed E-state index contributed by atoms with van der Waals surface area (Å²) >= 11 is 0. The molecule has 4 aliphatic rings. The molecule has 5 amide bonds. The van der Waals surface area contributed by atoms with Crippen LogP contribution >= 0.6 is 0 Å². The minimum absolute atomic E-state index is 0.0485. The molecular formula is C34H60BN7O5. The van der Waals surface area contributed by atoms with E-state index in [1.807, 2.05) is 0 Å². The molecule has 47 heavy (non-hydrogen) atoms. The summed E-state index contributed by atoms with van der Waals surface area (Å²) in [4.78, 5) is 69.3. The van der Waals surface area contributed by atoms with Gasteiger partial charge in [0, 0.05) is 44.3 Å². The van der Waals surface area contributed by atoms with E-state index in [9.17, 15) is 24.0 Å². The summed E-state index contributed by atoms with van der Waals surface area (Å²) in [7, 11) is 2.29. The molecule has 0 radical (unpaired) electrons. The van der Waals surface area contributed by atoms with Crippen LogP contribution in [0, 0.1) is 23.2 Å². The van der Waals surface area contributed by atoms with Gasteiger partial charge in [-0.15, -0.1) is 0 Å². The van der Waals surface area contributed by atoms with Gasteiger partial charge in [-0.3, -0.25) is 24.1 Å². The average Bonchev–Trinajstić information content (AvgIpc) is 3.41. The van der Waals surface area contributed by atoms with Crippen LogP contribution in [0.15, 0.2) is 0 Å². The van der Waals surface area contributed by atoms with Crippen LogP contribution in [0.2, 0.25) is 5.31 Å². The lowest BCUT2D eigenvalue weighted by atomic mass is 9.41. The monoisotopic (exact) mass is 657 g/mol. The van der Waals surface area contributed by atoms with E-state index in [1.54, 1.807) is 4.90 Å². The van der Waals surface area contributed by atoms with Gasteiger partial charge in [0.15, 0.2) is 0 Å². The largest absolute Gasteiger partial charge is 0.363 e. The number of hydrogen-bond donors (Lipinski definition) is 5. The second-order valence-corrected chi connectivity index (χ2v) is 16.3. The Bertz CT molecular complexity index is 1160. The Morgan fingerprint density at radius 1 is 1.00 bits per heavy atom. The summed E-state index contributed by atoms with van der Waals surface area (Å²) in [5.41, 5.74) is 5.22. The number of nitrogens with zero attached hydrogens (tertiary/aromatic N) is 2. The summed E-state index contributed by atoms with van der Waals surface area (Å²) in [5, 5.41) is 12.3. The number of likely N-dealkylation sites (tertiary alicyclic amines) is 1. The van der Waals surface area contributed by atoms with Gasteiger partial charge in [0.2, 0.25) is 17.6 Å². The van der Waals surface area contributed by atoms with Crippen molar-refractivity contribution >= 4 is 37.4 Å².